The van der Waals surface area contributed by atoms with Crippen molar-refractivity contribution in [3.05, 3.63) is 71.1 Å². The minimum atomic E-state index is -0.185. The summed E-state index contributed by atoms with van der Waals surface area (Å²) >= 11 is 0. The van der Waals surface area contributed by atoms with Gasteiger partial charge in [0, 0.05) is 12.0 Å². The van der Waals surface area contributed by atoms with Gasteiger partial charge in [-0.2, -0.15) is 0 Å². The number of oxazole rings is 1. The zero-order valence-electron chi connectivity index (χ0n) is 20.1. The SMILES string of the molecule is CC.CCc1cc(OCCc2nc(-c3ccccc3)oc2C)ccc1C[C@H](C)C(=O)OC. The number of aromatic nitrogens is 1. The molecule has 5 heteroatoms. The molecule has 1 atom stereocenters. The lowest BCUT2D eigenvalue weighted by atomic mass is 9.95. The second-order valence-electron chi connectivity index (χ2n) is 7.40. The largest absolute Gasteiger partial charge is 0.493 e. The number of aryl methyl sites for hydroxylation is 2. The number of benzene rings is 2. The van der Waals surface area contributed by atoms with Gasteiger partial charge in [-0.15, -0.1) is 0 Å². The van der Waals surface area contributed by atoms with Crippen LogP contribution in [0.25, 0.3) is 11.5 Å². The number of methoxy groups -OCH3 is 1. The van der Waals surface area contributed by atoms with Crippen LogP contribution in [-0.4, -0.2) is 24.7 Å². The van der Waals surface area contributed by atoms with Crippen molar-refractivity contribution >= 4 is 5.97 Å². The topological polar surface area (TPSA) is 61.6 Å². The predicted molar refractivity (Wildman–Crippen MR) is 128 cm³/mol. The molecule has 1 aromatic heterocycles. The van der Waals surface area contributed by atoms with Crippen LogP contribution in [0.1, 0.15) is 50.3 Å². The summed E-state index contributed by atoms with van der Waals surface area (Å²) in [5, 5.41) is 0. The van der Waals surface area contributed by atoms with Crippen molar-refractivity contribution in [3.63, 3.8) is 0 Å². The summed E-state index contributed by atoms with van der Waals surface area (Å²) in [6.07, 6.45) is 2.21. The minimum Gasteiger partial charge on any atom is -0.493 e. The van der Waals surface area contributed by atoms with Gasteiger partial charge in [0.05, 0.1) is 25.3 Å². The van der Waals surface area contributed by atoms with Crippen LogP contribution in [0.4, 0.5) is 0 Å². The number of ether oxygens (including phenoxy) is 2. The van der Waals surface area contributed by atoms with Gasteiger partial charge in [-0.05, 0) is 55.2 Å². The average Bonchev–Trinajstić information content (AvgIpc) is 3.21. The fourth-order valence-corrected chi connectivity index (χ4v) is 3.46. The Morgan fingerprint density at radius 2 is 1.81 bits per heavy atom. The first-order chi connectivity index (χ1) is 15.5. The van der Waals surface area contributed by atoms with Gasteiger partial charge in [-0.25, -0.2) is 4.98 Å². The number of esters is 1. The highest BCUT2D eigenvalue weighted by atomic mass is 16.5. The first kappa shape index (κ1) is 25.2. The van der Waals surface area contributed by atoms with Crippen LogP contribution in [0, 0.1) is 12.8 Å². The Kier molecular flexibility index (Phi) is 9.99. The minimum absolute atomic E-state index is 0.166. The van der Waals surface area contributed by atoms with Gasteiger partial charge in [0.25, 0.3) is 0 Å². The maximum atomic E-state index is 11.7. The van der Waals surface area contributed by atoms with Crippen LogP contribution in [-0.2, 0) is 28.8 Å². The van der Waals surface area contributed by atoms with Crippen molar-refractivity contribution in [2.24, 2.45) is 5.92 Å². The summed E-state index contributed by atoms with van der Waals surface area (Å²) in [4.78, 5) is 16.3. The Hall–Kier alpha value is -3.08. The van der Waals surface area contributed by atoms with Crippen LogP contribution in [0.2, 0.25) is 0 Å². The van der Waals surface area contributed by atoms with E-state index in [1.807, 2.05) is 70.2 Å². The summed E-state index contributed by atoms with van der Waals surface area (Å²) in [7, 11) is 1.43. The van der Waals surface area contributed by atoms with E-state index in [2.05, 4.69) is 18.0 Å². The summed E-state index contributed by atoms with van der Waals surface area (Å²) in [6, 6.07) is 16.0. The molecule has 0 aliphatic heterocycles. The van der Waals surface area contributed by atoms with E-state index in [1.165, 1.54) is 12.7 Å². The molecule has 0 saturated heterocycles. The molecule has 0 N–H and O–H groups in total. The molecule has 2 aromatic carbocycles. The Balaban J connectivity index is 0.00000176. The molecule has 172 valence electrons. The quantitative estimate of drug-likeness (QED) is 0.372. The lowest BCUT2D eigenvalue weighted by molar-refractivity contribution is -0.144. The molecular formula is C27H35NO4. The zero-order valence-corrected chi connectivity index (χ0v) is 20.1. The highest BCUT2D eigenvalue weighted by molar-refractivity contribution is 5.72. The van der Waals surface area contributed by atoms with Crippen molar-refractivity contribution in [1.82, 2.24) is 4.98 Å². The number of carbonyl (C=O) groups is 1. The van der Waals surface area contributed by atoms with Gasteiger partial charge in [0.1, 0.15) is 11.5 Å². The predicted octanol–water partition coefficient (Wildman–Crippen LogP) is 6.21. The van der Waals surface area contributed by atoms with E-state index in [-0.39, 0.29) is 11.9 Å². The van der Waals surface area contributed by atoms with Crippen molar-refractivity contribution in [2.45, 2.75) is 53.9 Å². The monoisotopic (exact) mass is 437 g/mol. The molecule has 0 bridgehead atoms. The van der Waals surface area contributed by atoms with E-state index in [4.69, 9.17) is 13.9 Å². The maximum absolute atomic E-state index is 11.7. The molecule has 0 aliphatic rings. The molecule has 0 spiro atoms. The highest BCUT2D eigenvalue weighted by Gasteiger charge is 2.16. The Morgan fingerprint density at radius 3 is 2.47 bits per heavy atom. The van der Waals surface area contributed by atoms with Crippen molar-refractivity contribution in [2.75, 3.05) is 13.7 Å². The van der Waals surface area contributed by atoms with E-state index in [0.29, 0.717) is 25.3 Å². The van der Waals surface area contributed by atoms with Gasteiger partial charge in [0.15, 0.2) is 0 Å². The van der Waals surface area contributed by atoms with Crippen molar-refractivity contribution in [1.29, 1.82) is 0 Å². The first-order valence-electron chi connectivity index (χ1n) is 11.4. The molecule has 0 aliphatic carbocycles. The van der Waals surface area contributed by atoms with E-state index < -0.39 is 0 Å². The van der Waals surface area contributed by atoms with Gasteiger partial charge >= 0.3 is 5.97 Å². The fraction of sp³-hybridized carbons (Fsp3) is 0.407. The lowest BCUT2D eigenvalue weighted by Gasteiger charge is -2.14. The van der Waals surface area contributed by atoms with Gasteiger partial charge < -0.3 is 13.9 Å². The highest BCUT2D eigenvalue weighted by Crippen LogP contribution is 2.24. The van der Waals surface area contributed by atoms with Crippen molar-refractivity contribution < 1.29 is 18.7 Å². The summed E-state index contributed by atoms with van der Waals surface area (Å²) in [6.45, 7) is 10.4. The lowest BCUT2D eigenvalue weighted by Crippen LogP contribution is -2.16. The normalized spacial score (nSPS) is 11.3. The number of rotatable bonds is 9. The number of hydrogen-bond acceptors (Lipinski definition) is 5. The Morgan fingerprint density at radius 1 is 1.09 bits per heavy atom. The number of nitrogens with zero attached hydrogens (tertiary/aromatic N) is 1. The summed E-state index contributed by atoms with van der Waals surface area (Å²) in [5.74, 6) is 1.93. The molecule has 1 heterocycles. The standard InChI is InChI=1S/C25H29NO4.C2H6/c1-5-19-16-22(12-11-21(19)15-17(2)25(27)28-4)29-14-13-23-18(3)30-24(26-23)20-9-7-6-8-10-20;1-2/h6-12,16-17H,5,13-15H2,1-4H3;1-2H3/t17-;/m0./s1. The van der Waals surface area contributed by atoms with Gasteiger partial charge in [0.2, 0.25) is 5.89 Å². The number of hydrogen-bond donors (Lipinski definition) is 0. The van der Waals surface area contributed by atoms with Crippen LogP contribution in [0.5, 0.6) is 5.75 Å². The van der Waals surface area contributed by atoms with E-state index >= 15 is 0 Å². The molecule has 5 nitrogen and oxygen atoms in total. The van der Waals surface area contributed by atoms with E-state index in [1.54, 1.807) is 0 Å². The molecular weight excluding hydrogens is 402 g/mol. The summed E-state index contributed by atoms with van der Waals surface area (Å²) in [5.41, 5.74) is 4.22. The van der Waals surface area contributed by atoms with Crippen LogP contribution in [0.3, 0.4) is 0 Å². The molecule has 0 amide bonds. The number of carbonyl (C=O) groups excluding carboxylic acids is 1. The molecule has 0 unspecified atom stereocenters. The summed E-state index contributed by atoms with van der Waals surface area (Å²) < 4.78 is 16.6. The third-order valence-corrected chi connectivity index (χ3v) is 5.21. The maximum Gasteiger partial charge on any atom is 0.308 e. The average molecular weight is 438 g/mol. The zero-order chi connectivity index (χ0) is 23.5. The van der Waals surface area contributed by atoms with E-state index in [0.717, 1.165) is 34.8 Å². The van der Waals surface area contributed by atoms with E-state index in [9.17, 15) is 4.79 Å². The van der Waals surface area contributed by atoms with Crippen molar-refractivity contribution in [3.8, 4) is 17.2 Å². The fourth-order valence-electron chi connectivity index (χ4n) is 3.46. The van der Waals surface area contributed by atoms with Crippen LogP contribution >= 0.6 is 0 Å². The second-order valence-corrected chi connectivity index (χ2v) is 7.40. The molecule has 0 saturated carbocycles. The second kappa shape index (κ2) is 12.7. The van der Waals surface area contributed by atoms with Crippen LogP contribution in [0.15, 0.2) is 52.9 Å². The Labute approximate surface area is 191 Å². The third-order valence-electron chi connectivity index (χ3n) is 5.21. The Bertz CT molecular complexity index is 979. The first-order valence-corrected chi connectivity index (χ1v) is 11.4. The van der Waals surface area contributed by atoms with Gasteiger partial charge in [-0.3, -0.25) is 4.79 Å². The smallest absolute Gasteiger partial charge is 0.308 e. The third kappa shape index (κ3) is 6.71. The molecule has 3 aromatic rings. The molecule has 0 fully saturated rings. The molecule has 32 heavy (non-hydrogen) atoms. The van der Waals surface area contributed by atoms with Crippen LogP contribution < -0.4 is 4.74 Å². The molecule has 3 rings (SSSR count). The van der Waals surface area contributed by atoms with Gasteiger partial charge in [-0.1, -0.05) is 52.0 Å². The molecule has 0 radical (unpaired) electrons.